The van der Waals surface area contributed by atoms with Crippen molar-refractivity contribution in [1.29, 1.82) is 0 Å². The Labute approximate surface area is 506 Å². The SMILES string of the molecule is COCCOCCNC(=O)CN1CCC(CC(=O)O[C@@H]2CC[C@@H](C[C@@H](C)[C@@H]3C[C@@H](O)[C@H](C)/C=C(\C)[C@@H](O)[C@@H](OC)C(=O)[C@H](C)C[C@H](C)/C=C/C=C/C=C(\C)[C@@H](OC)C[C@@H]4CC[C@@H](C)[C@@](O)(O4)C(=O)C(=O)N4CCCC[C@H]4C(=O)O3)C[C@H]2OC)CC1. The predicted molar refractivity (Wildman–Crippen MR) is 319 cm³/mol. The lowest BCUT2D eigenvalue weighted by molar-refractivity contribution is -0.265. The van der Waals surface area contributed by atoms with Gasteiger partial charge in [0, 0.05) is 78.5 Å². The highest BCUT2D eigenvalue weighted by molar-refractivity contribution is 6.39. The third kappa shape index (κ3) is 21.5. The fraction of sp³-hybridized carbons (Fsp3) is 0.785. The lowest BCUT2D eigenvalue weighted by Gasteiger charge is -2.43. The van der Waals surface area contributed by atoms with E-state index in [1.54, 1.807) is 48.2 Å². The van der Waals surface area contributed by atoms with Gasteiger partial charge in [0.2, 0.25) is 11.7 Å². The number of piperidine rings is 2. The number of carbonyl (C=O) groups is 6. The molecule has 1 aliphatic carbocycles. The number of esters is 2. The lowest BCUT2D eigenvalue weighted by Crippen LogP contribution is -2.61. The molecule has 0 aromatic rings. The number of carbonyl (C=O) groups excluding carboxylic acids is 6. The van der Waals surface area contributed by atoms with Gasteiger partial charge in [-0.2, -0.15) is 0 Å². The summed E-state index contributed by atoms with van der Waals surface area (Å²) in [5.74, 6) is -7.91. The molecule has 4 aliphatic heterocycles. The van der Waals surface area contributed by atoms with Crippen LogP contribution in [0.5, 0.6) is 0 Å². The molecule has 20 nitrogen and oxygen atoms in total. The summed E-state index contributed by atoms with van der Waals surface area (Å²) in [4.78, 5) is 86.8. The largest absolute Gasteiger partial charge is 0.460 e. The zero-order chi connectivity index (χ0) is 62.4. The molecule has 16 atom stereocenters. The number of allylic oxidation sites excluding steroid dienone is 5. The van der Waals surface area contributed by atoms with Crippen molar-refractivity contribution < 1.29 is 82.0 Å². The van der Waals surface area contributed by atoms with E-state index in [2.05, 4.69) is 10.2 Å². The van der Waals surface area contributed by atoms with Crippen LogP contribution in [0.4, 0.5) is 0 Å². The summed E-state index contributed by atoms with van der Waals surface area (Å²) in [6.07, 6.45) is 12.0. The average molecular weight is 1200 g/mol. The van der Waals surface area contributed by atoms with Crippen LogP contribution < -0.4 is 5.32 Å². The molecule has 5 aliphatic rings. The molecule has 4 fully saturated rings. The second kappa shape index (κ2) is 35.7. The molecule has 4 N–H and O–H groups in total. The van der Waals surface area contributed by atoms with Crippen molar-refractivity contribution in [3.63, 3.8) is 0 Å². The number of Topliss-reactive ketones (excluding diaryl/α,β-unsaturated/α-hetero) is 2. The number of fused-ring (bicyclic) bond motifs is 3. The summed E-state index contributed by atoms with van der Waals surface area (Å²) in [5.41, 5.74) is 1.30. The van der Waals surface area contributed by atoms with Crippen LogP contribution in [-0.4, -0.2) is 202 Å². The number of hydrogen-bond acceptors (Lipinski definition) is 18. The Bertz CT molecular complexity index is 2270. The van der Waals surface area contributed by atoms with Crippen molar-refractivity contribution in [3.8, 4) is 0 Å². The van der Waals surface area contributed by atoms with Crippen LogP contribution >= 0.6 is 0 Å². The maximum Gasteiger partial charge on any atom is 0.329 e. The number of cyclic esters (lactones) is 1. The van der Waals surface area contributed by atoms with Gasteiger partial charge in [0.1, 0.15) is 30.5 Å². The fourth-order valence-corrected chi connectivity index (χ4v) is 12.9. The predicted octanol–water partition coefficient (Wildman–Crippen LogP) is 6.40. The number of ketones is 2. The molecule has 0 aromatic carbocycles. The topological polar surface area (TPSA) is 255 Å². The van der Waals surface area contributed by atoms with Gasteiger partial charge in [0.25, 0.3) is 11.7 Å². The minimum absolute atomic E-state index is 0.00671. The summed E-state index contributed by atoms with van der Waals surface area (Å²) in [7, 11) is 6.18. The van der Waals surface area contributed by atoms with Gasteiger partial charge < -0.3 is 63.4 Å². The number of likely N-dealkylation sites (tertiary alicyclic amines) is 1. The van der Waals surface area contributed by atoms with E-state index in [0.29, 0.717) is 109 Å². The summed E-state index contributed by atoms with van der Waals surface area (Å²) >= 11 is 0. The van der Waals surface area contributed by atoms with Gasteiger partial charge in [-0.1, -0.05) is 71.1 Å². The van der Waals surface area contributed by atoms with E-state index in [4.69, 9.17) is 37.9 Å². The van der Waals surface area contributed by atoms with E-state index in [9.17, 15) is 44.1 Å². The Morgan fingerprint density at radius 1 is 0.788 bits per heavy atom. The van der Waals surface area contributed by atoms with Gasteiger partial charge in [-0.25, -0.2) is 4.79 Å². The van der Waals surface area contributed by atoms with Gasteiger partial charge >= 0.3 is 11.9 Å². The van der Waals surface area contributed by atoms with E-state index in [-0.39, 0.29) is 73.7 Å². The molecular formula is C65H105N3O17. The van der Waals surface area contributed by atoms with Crippen LogP contribution in [0.1, 0.15) is 145 Å². The number of nitrogens with one attached hydrogen (secondary N) is 1. The zero-order valence-electron chi connectivity index (χ0n) is 52.9. The number of hydrogen-bond donors (Lipinski definition) is 4. The zero-order valence-corrected chi connectivity index (χ0v) is 52.9. The first-order valence-electron chi connectivity index (χ1n) is 31.4. The standard InChI is InChI=1S/C65H105N3O17/c1-41-17-13-12-14-18-42(2)54(79-9)38-50-22-20-47(7)65(77,85-50)62(74)63(75)68-27-16-15-19-51(68)64(76)84-55(39-52(69)43(3)34-46(6)60(73)61(81-11)59(72)45(5)33-41)44(4)35-49-21-23-53(56(36-49)80-10)83-58(71)37-48-24-28-67(29-25-48)40-57(70)66-26-30-82-32-31-78-8/h12-14,17-18,34,41,43-45,47-56,60-61,69,73,77H,15-16,19-33,35-40H2,1-11H3,(H,66,70)/b14-12+,17-13+,42-18+,46-34+/t41-,43-,44-,45-,47-,49+,50+,51+,52-,53-,54+,55+,56-,60-,61+,65-/m1/s1. The van der Waals surface area contributed by atoms with Gasteiger partial charge in [0.15, 0.2) is 5.78 Å². The summed E-state index contributed by atoms with van der Waals surface area (Å²) in [6.45, 7) is 16.4. The monoisotopic (exact) mass is 1200 g/mol. The summed E-state index contributed by atoms with van der Waals surface area (Å²) in [5, 5.41) is 38.6. The van der Waals surface area contributed by atoms with Crippen LogP contribution in [-0.2, 0) is 66.7 Å². The molecule has 2 amide bonds. The van der Waals surface area contributed by atoms with Gasteiger partial charge in [-0.05, 0) is 139 Å². The highest BCUT2D eigenvalue weighted by atomic mass is 16.6. The molecule has 1 saturated carbocycles. The molecule has 0 spiro atoms. The lowest BCUT2D eigenvalue weighted by atomic mass is 9.78. The summed E-state index contributed by atoms with van der Waals surface area (Å²) < 4.78 is 46.7. The molecular weight excluding hydrogens is 1090 g/mol. The molecule has 3 saturated heterocycles. The molecule has 0 aromatic heterocycles. The highest BCUT2D eigenvalue weighted by Crippen LogP contribution is 2.39. The van der Waals surface area contributed by atoms with Crippen molar-refractivity contribution in [2.45, 2.75) is 205 Å². The van der Waals surface area contributed by atoms with Crippen LogP contribution in [0.25, 0.3) is 0 Å². The second-order valence-electron chi connectivity index (χ2n) is 25.1. The molecule has 0 unspecified atom stereocenters. The number of methoxy groups -OCH3 is 4. The van der Waals surface area contributed by atoms with Crippen molar-refractivity contribution >= 4 is 35.3 Å². The fourth-order valence-electron chi connectivity index (χ4n) is 12.9. The van der Waals surface area contributed by atoms with E-state index < -0.39 is 96.1 Å². The molecule has 5 rings (SSSR count). The second-order valence-corrected chi connectivity index (χ2v) is 25.1. The van der Waals surface area contributed by atoms with Crippen LogP contribution in [0.3, 0.4) is 0 Å². The Kier molecular flexibility index (Phi) is 30.0. The van der Waals surface area contributed by atoms with Crippen LogP contribution in [0, 0.1) is 41.4 Å². The normalized spacial score (nSPS) is 36.0. The van der Waals surface area contributed by atoms with Gasteiger partial charge in [0.05, 0.1) is 50.8 Å². The molecule has 482 valence electrons. The number of nitrogens with zero attached hydrogens (tertiary/aromatic N) is 2. The number of amides is 2. The smallest absolute Gasteiger partial charge is 0.329 e. The highest BCUT2D eigenvalue weighted by Gasteiger charge is 2.53. The van der Waals surface area contributed by atoms with E-state index in [1.807, 2.05) is 58.1 Å². The minimum Gasteiger partial charge on any atom is -0.460 e. The molecule has 20 heteroatoms. The quantitative estimate of drug-likeness (QED) is 0.0531. The number of aliphatic hydroxyl groups excluding tert-OH is 2. The van der Waals surface area contributed by atoms with Gasteiger partial charge in [-0.3, -0.25) is 28.9 Å². The van der Waals surface area contributed by atoms with Crippen molar-refractivity contribution in [2.24, 2.45) is 41.4 Å². The Morgan fingerprint density at radius 3 is 2.22 bits per heavy atom. The average Bonchev–Trinajstić information content (AvgIpc) is 2.23. The first kappa shape index (κ1) is 71.5. The maximum absolute atomic E-state index is 14.7. The Balaban J connectivity index is 1.32. The summed E-state index contributed by atoms with van der Waals surface area (Å²) in [6, 6.07) is -1.16. The van der Waals surface area contributed by atoms with Gasteiger partial charge in [-0.15, -0.1) is 0 Å². The van der Waals surface area contributed by atoms with Crippen molar-refractivity contribution in [3.05, 3.63) is 47.6 Å². The van der Waals surface area contributed by atoms with Crippen LogP contribution in [0.15, 0.2) is 47.6 Å². The molecule has 85 heavy (non-hydrogen) atoms. The van der Waals surface area contributed by atoms with Crippen LogP contribution in [0.2, 0.25) is 0 Å². The maximum atomic E-state index is 14.7. The third-order valence-electron chi connectivity index (χ3n) is 18.4. The number of ether oxygens (including phenoxy) is 8. The van der Waals surface area contributed by atoms with E-state index >= 15 is 0 Å². The molecule has 0 radical (unpaired) electrons. The van der Waals surface area contributed by atoms with E-state index in [0.717, 1.165) is 18.4 Å². The third-order valence-corrected chi connectivity index (χ3v) is 18.4. The number of aliphatic hydroxyl groups is 3. The number of rotatable bonds is 17. The Hall–Kier alpha value is -4.22. The van der Waals surface area contributed by atoms with E-state index in [1.165, 1.54) is 12.0 Å². The first-order valence-corrected chi connectivity index (χ1v) is 31.4. The molecule has 2 bridgehead atoms. The van der Waals surface area contributed by atoms with Crippen molar-refractivity contribution in [1.82, 2.24) is 15.1 Å². The Morgan fingerprint density at radius 2 is 1.53 bits per heavy atom. The minimum atomic E-state index is -2.45. The molecule has 4 heterocycles. The van der Waals surface area contributed by atoms with Crippen molar-refractivity contribution in [2.75, 3.05) is 81.0 Å². The first-order chi connectivity index (χ1) is 40.5.